The number of hydrogen-bond donors (Lipinski definition) is 1. The predicted molar refractivity (Wildman–Crippen MR) is 76.0 cm³/mol. The fourth-order valence-corrected chi connectivity index (χ4v) is 2.60. The summed E-state index contributed by atoms with van der Waals surface area (Å²) in [6.07, 6.45) is 0.0267. The van der Waals surface area contributed by atoms with Crippen molar-refractivity contribution >= 4 is 27.7 Å². The van der Waals surface area contributed by atoms with E-state index in [1.54, 1.807) is 17.8 Å². The summed E-state index contributed by atoms with van der Waals surface area (Å²) in [5.74, 6) is 0.380. The van der Waals surface area contributed by atoms with E-state index in [-0.39, 0.29) is 10.6 Å². The van der Waals surface area contributed by atoms with Crippen LogP contribution < -0.4 is 0 Å². The lowest BCUT2D eigenvalue weighted by Gasteiger charge is -2.20. The summed E-state index contributed by atoms with van der Waals surface area (Å²) < 4.78 is 13.9. The van der Waals surface area contributed by atoms with Gasteiger partial charge in [0.2, 0.25) is 0 Å². The number of aliphatic hydroxyl groups excluding tert-OH is 1. The molecule has 0 saturated carbocycles. The van der Waals surface area contributed by atoms with Crippen LogP contribution in [0.1, 0.15) is 26.3 Å². The minimum absolute atomic E-state index is 0.139. The molecule has 1 N–H and O–H groups in total. The van der Waals surface area contributed by atoms with Gasteiger partial charge in [-0.15, -0.1) is 0 Å². The molecule has 1 nitrogen and oxygen atoms in total. The van der Waals surface area contributed by atoms with Gasteiger partial charge in [0.05, 0.1) is 10.6 Å². The molecule has 0 aromatic heterocycles. The average molecular weight is 321 g/mol. The normalized spacial score (nSPS) is 13.8. The van der Waals surface area contributed by atoms with Crippen molar-refractivity contribution in [1.82, 2.24) is 0 Å². The van der Waals surface area contributed by atoms with Crippen LogP contribution in [0.3, 0.4) is 0 Å². The molecule has 0 aliphatic carbocycles. The van der Waals surface area contributed by atoms with Gasteiger partial charge in [0.25, 0.3) is 0 Å². The van der Waals surface area contributed by atoms with Crippen molar-refractivity contribution in [2.75, 3.05) is 5.75 Å². The first-order valence-electron chi connectivity index (χ1n) is 5.54. The van der Waals surface area contributed by atoms with E-state index in [0.717, 1.165) is 5.56 Å². The van der Waals surface area contributed by atoms with Gasteiger partial charge in [0.1, 0.15) is 5.82 Å². The average Bonchev–Trinajstić information content (AvgIpc) is 2.21. The second-order valence-electron chi connectivity index (χ2n) is 4.99. The Morgan fingerprint density at radius 2 is 2.06 bits per heavy atom. The standard InChI is InChI=1S/C13H18BrFOS/c1-13(2,3)17-8-10(16)7-9-5-4-6-11(15)12(9)14/h4-6,10,16H,7-8H2,1-3H3. The molecule has 0 bridgehead atoms. The molecule has 0 fully saturated rings. The highest BCUT2D eigenvalue weighted by Gasteiger charge is 2.15. The van der Waals surface area contributed by atoms with Gasteiger partial charge in [-0.25, -0.2) is 4.39 Å². The Bertz CT molecular complexity index is 376. The van der Waals surface area contributed by atoms with Crippen molar-refractivity contribution in [3.8, 4) is 0 Å². The first-order chi connectivity index (χ1) is 7.79. The second-order valence-corrected chi connectivity index (χ2v) is 7.63. The van der Waals surface area contributed by atoms with Gasteiger partial charge in [-0.3, -0.25) is 0 Å². The van der Waals surface area contributed by atoms with Gasteiger partial charge < -0.3 is 5.11 Å². The van der Waals surface area contributed by atoms with Gasteiger partial charge in [-0.2, -0.15) is 11.8 Å². The Morgan fingerprint density at radius 3 is 2.65 bits per heavy atom. The summed E-state index contributed by atoms with van der Waals surface area (Å²) in [7, 11) is 0. The van der Waals surface area contributed by atoms with E-state index in [1.165, 1.54) is 6.07 Å². The summed E-state index contributed by atoms with van der Waals surface area (Å²) in [5, 5.41) is 9.92. The van der Waals surface area contributed by atoms with Crippen molar-refractivity contribution in [3.05, 3.63) is 34.1 Å². The highest BCUT2D eigenvalue weighted by atomic mass is 79.9. The molecule has 96 valence electrons. The molecule has 1 atom stereocenters. The number of benzene rings is 1. The van der Waals surface area contributed by atoms with Crippen LogP contribution in [0.4, 0.5) is 4.39 Å². The molecule has 0 aliphatic rings. The number of rotatable bonds is 4. The Balaban J connectivity index is 2.56. The maximum atomic E-state index is 13.3. The largest absolute Gasteiger partial charge is 0.392 e. The fraction of sp³-hybridized carbons (Fsp3) is 0.538. The molecule has 1 aromatic carbocycles. The summed E-state index contributed by atoms with van der Waals surface area (Å²) in [5.41, 5.74) is 0.812. The van der Waals surface area contributed by atoms with Crippen LogP contribution in [0.5, 0.6) is 0 Å². The van der Waals surface area contributed by atoms with Crippen LogP contribution in [0.2, 0.25) is 0 Å². The third kappa shape index (κ3) is 5.40. The minimum Gasteiger partial charge on any atom is -0.392 e. The van der Waals surface area contributed by atoms with E-state index < -0.39 is 6.10 Å². The Hall–Kier alpha value is -0.0600. The van der Waals surface area contributed by atoms with Crippen LogP contribution in [0.15, 0.2) is 22.7 Å². The molecule has 1 aromatic rings. The van der Waals surface area contributed by atoms with Gasteiger partial charge in [-0.1, -0.05) is 32.9 Å². The van der Waals surface area contributed by atoms with E-state index in [9.17, 15) is 9.50 Å². The Labute approximate surface area is 115 Å². The van der Waals surface area contributed by atoms with E-state index in [4.69, 9.17) is 0 Å². The Morgan fingerprint density at radius 1 is 1.41 bits per heavy atom. The van der Waals surface area contributed by atoms with Crippen molar-refractivity contribution in [2.45, 2.75) is 38.0 Å². The van der Waals surface area contributed by atoms with Crippen molar-refractivity contribution < 1.29 is 9.50 Å². The van der Waals surface area contributed by atoms with Crippen LogP contribution in [0.25, 0.3) is 0 Å². The molecule has 0 amide bonds. The first-order valence-corrected chi connectivity index (χ1v) is 7.32. The molecule has 0 spiro atoms. The SMILES string of the molecule is CC(C)(C)SCC(O)Cc1cccc(F)c1Br. The highest BCUT2D eigenvalue weighted by molar-refractivity contribution is 9.10. The molecular formula is C13H18BrFOS. The molecule has 17 heavy (non-hydrogen) atoms. The lowest BCUT2D eigenvalue weighted by molar-refractivity contribution is 0.199. The summed E-state index contributed by atoms with van der Waals surface area (Å²) in [6.45, 7) is 6.34. The maximum Gasteiger partial charge on any atom is 0.137 e. The number of hydrogen-bond acceptors (Lipinski definition) is 2. The molecule has 0 aliphatic heterocycles. The zero-order valence-corrected chi connectivity index (χ0v) is 12.7. The smallest absolute Gasteiger partial charge is 0.137 e. The predicted octanol–water partition coefficient (Wildman–Crippen LogP) is 4.02. The summed E-state index contributed by atoms with van der Waals surface area (Å²) >= 11 is 4.92. The van der Waals surface area contributed by atoms with E-state index in [0.29, 0.717) is 16.6 Å². The quantitative estimate of drug-likeness (QED) is 0.904. The van der Waals surface area contributed by atoms with Gasteiger partial charge in [0, 0.05) is 16.9 Å². The molecule has 1 unspecified atom stereocenters. The molecule has 4 heteroatoms. The lowest BCUT2D eigenvalue weighted by Crippen LogP contribution is -2.19. The van der Waals surface area contributed by atoms with Crippen LogP contribution in [-0.2, 0) is 6.42 Å². The van der Waals surface area contributed by atoms with Crippen LogP contribution >= 0.6 is 27.7 Å². The number of thioether (sulfide) groups is 1. The van der Waals surface area contributed by atoms with E-state index in [1.807, 2.05) is 6.07 Å². The zero-order valence-electron chi connectivity index (χ0n) is 10.3. The van der Waals surface area contributed by atoms with Gasteiger partial charge in [0.15, 0.2) is 0 Å². The fourth-order valence-electron chi connectivity index (χ4n) is 1.37. The second kappa shape index (κ2) is 6.21. The first kappa shape index (κ1) is 15.0. The maximum absolute atomic E-state index is 13.3. The number of halogens is 2. The van der Waals surface area contributed by atoms with Gasteiger partial charge >= 0.3 is 0 Å². The van der Waals surface area contributed by atoms with Crippen molar-refractivity contribution in [2.24, 2.45) is 0 Å². The van der Waals surface area contributed by atoms with E-state index in [2.05, 4.69) is 36.7 Å². The van der Waals surface area contributed by atoms with Crippen LogP contribution in [-0.4, -0.2) is 21.7 Å². The molecule has 0 heterocycles. The monoisotopic (exact) mass is 320 g/mol. The zero-order chi connectivity index (χ0) is 13.1. The highest BCUT2D eigenvalue weighted by Crippen LogP contribution is 2.26. The molecular weight excluding hydrogens is 303 g/mol. The van der Waals surface area contributed by atoms with Gasteiger partial charge in [-0.05, 0) is 27.6 Å². The Kier molecular flexibility index (Phi) is 5.48. The summed E-state index contributed by atoms with van der Waals surface area (Å²) in [6, 6.07) is 4.90. The number of aliphatic hydroxyl groups is 1. The topological polar surface area (TPSA) is 20.2 Å². The summed E-state index contributed by atoms with van der Waals surface area (Å²) in [4.78, 5) is 0. The third-order valence-corrected chi connectivity index (χ3v) is 4.50. The van der Waals surface area contributed by atoms with E-state index >= 15 is 0 Å². The molecule has 1 rings (SSSR count). The molecule has 0 saturated heterocycles. The van der Waals surface area contributed by atoms with Crippen molar-refractivity contribution in [1.29, 1.82) is 0 Å². The lowest BCUT2D eigenvalue weighted by atomic mass is 10.1. The third-order valence-electron chi connectivity index (χ3n) is 2.20. The molecule has 0 radical (unpaired) electrons. The van der Waals surface area contributed by atoms with Crippen molar-refractivity contribution in [3.63, 3.8) is 0 Å². The minimum atomic E-state index is -0.447. The van der Waals surface area contributed by atoms with Crippen LogP contribution in [0, 0.1) is 5.82 Å².